The van der Waals surface area contributed by atoms with Crippen LogP contribution in [-0.4, -0.2) is 47.2 Å². The summed E-state index contributed by atoms with van der Waals surface area (Å²) in [6.45, 7) is 6.90. The highest BCUT2D eigenvalue weighted by atomic mass is 32.2. The molecule has 8 nitrogen and oxygen atoms in total. The third-order valence-corrected chi connectivity index (χ3v) is 7.69. The minimum Gasteiger partial charge on any atom is -0.492 e. The Hall–Kier alpha value is -3.79. The van der Waals surface area contributed by atoms with Crippen LogP contribution in [0.1, 0.15) is 26.3 Å². The van der Waals surface area contributed by atoms with Crippen molar-refractivity contribution in [2.24, 2.45) is 0 Å². The second kappa shape index (κ2) is 11.3. The minimum atomic E-state index is -4.20. The number of sulfonamides is 1. The van der Waals surface area contributed by atoms with Gasteiger partial charge in [0.15, 0.2) is 11.5 Å². The zero-order chi connectivity index (χ0) is 27.3. The molecule has 0 bridgehead atoms. The van der Waals surface area contributed by atoms with Crippen molar-refractivity contribution in [1.29, 1.82) is 0 Å². The van der Waals surface area contributed by atoms with E-state index >= 15 is 0 Å². The highest BCUT2D eigenvalue weighted by Crippen LogP contribution is 2.34. The molecule has 0 atom stereocenters. The zero-order valence-corrected chi connectivity index (χ0v) is 22.4. The number of hydrogen-bond donors (Lipinski definition) is 1. The molecule has 0 unspecified atom stereocenters. The van der Waals surface area contributed by atoms with Crippen molar-refractivity contribution in [2.75, 3.05) is 37.2 Å². The van der Waals surface area contributed by atoms with Gasteiger partial charge in [0, 0.05) is 6.07 Å². The Balaban J connectivity index is 1.43. The van der Waals surface area contributed by atoms with Crippen molar-refractivity contribution in [3.63, 3.8) is 0 Å². The molecule has 1 N–H and O–H groups in total. The number of ether oxygens (including phenoxy) is 3. The van der Waals surface area contributed by atoms with Crippen LogP contribution in [0.3, 0.4) is 0 Å². The summed E-state index contributed by atoms with van der Waals surface area (Å²) < 4.78 is 58.3. The van der Waals surface area contributed by atoms with Crippen molar-refractivity contribution in [3.8, 4) is 17.2 Å². The predicted molar refractivity (Wildman–Crippen MR) is 142 cm³/mol. The number of anilines is 1. The molecular weight excluding hydrogens is 511 g/mol. The van der Waals surface area contributed by atoms with Crippen LogP contribution >= 0.6 is 0 Å². The van der Waals surface area contributed by atoms with Gasteiger partial charge in [-0.1, -0.05) is 32.9 Å². The van der Waals surface area contributed by atoms with Gasteiger partial charge >= 0.3 is 0 Å². The summed E-state index contributed by atoms with van der Waals surface area (Å²) in [7, 11) is -4.20. The lowest BCUT2D eigenvalue weighted by Crippen LogP contribution is -2.42. The number of amides is 1. The number of nitrogens with one attached hydrogen (secondary N) is 1. The molecule has 0 aromatic heterocycles. The Bertz CT molecular complexity index is 1370. The van der Waals surface area contributed by atoms with Gasteiger partial charge in [-0.25, -0.2) is 12.8 Å². The third-order valence-electron chi connectivity index (χ3n) is 5.92. The topological polar surface area (TPSA) is 94.2 Å². The number of nitrogens with zero attached hydrogens (tertiary/aromatic N) is 1. The van der Waals surface area contributed by atoms with Crippen molar-refractivity contribution >= 4 is 21.6 Å². The lowest BCUT2D eigenvalue weighted by Gasteiger charge is -2.25. The Kier molecular flexibility index (Phi) is 8.11. The average Bonchev–Trinajstić information content (AvgIpc) is 2.90. The summed E-state index contributed by atoms with van der Waals surface area (Å²) >= 11 is 0. The monoisotopic (exact) mass is 542 g/mol. The molecule has 1 amide bonds. The van der Waals surface area contributed by atoms with Gasteiger partial charge in [-0.05, 0) is 59.5 Å². The molecule has 1 aliphatic rings. The molecule has 0 radical (unpaired) electrons. The Labute approximate surface area is 222 Å². The molecule has 3 aromatic rings. The number of rotatable bonds is 9. The lowest BCUT2D eigenvalue weighted by atomic mass is 9.87. The van der Waals surface area contributed by atoms with E-state index < -0.39 is 28.3 Å². The number of carbonyl (C=O) groups is 1. The van der Waals surface area contributed by atoms with E-state index in [1.165, 1.54) is 35.9 Å². The highest BCUT2D eigenvalue weighted by Gasteiger charge is 2.29. The molecule has 0 fully saturated rings. The second-order valence-corrected chi connectivity index (χ2v) is 11.6. The first-order chi connectivity index (χ1) is 18.0. The summed E-state index contributed by atoms with van der Waals surface area (Å²) in [5.74, 6) is 0.342. The van der Waals surface area contributed by atoms with E-state index in [9.17, 15) is 17.6 Å². The van der Waals surface area contributed by atoms with E-state index in [4.69, 9.17) is 14.2 Å². The molecular formula is C28H31FN2O6S. The molecule has 3 aromatic carbocycles. The maximum Gasteiger partial charge on any atom is 0.264 e. The molecule has 38 heavy (non-hydrogen) atoms. The highest BCUT2D eigenvalue weighted by molar-refractivity contribution is 7.92. The van der Waals surface area contributed by atoms with E-state index in [-0.39, 0.29) is 29.1 Å². The van der Waals surface area contributed by atoms with Gasteiger partial charge in [0.1, 0.15) is 37.9 Å². The summed E-state index contributed by atoms with van der Waals surface area (Å²) in [6.07, 6.45) is 0. The SMILES string of the molecule is CC(C)(C)c1ccc(OCCNC(=O)CN(c2ccc(F)cc2)S(=O)(=O)c2ccc3c(c2)OCCO3)cc1. The van der Waals surface area contributed by atoms with Gasteiger partial charge < -0.3 is 19.5 Å². The molecule has 1 aliphatic heterocycles. The molecule has 0 saturated heterocycles. The normalized spacial score (nSPS) is 13.1. The van der Waals surface area contributed by atoms with Crippen LogP contribution in [0, 0.1) is 5.82 Å². The van der Waals surface area contributed by atoms with Crippen LogP contribution < -0.4 is 23.8 Å². The molecule has 202 valence electrons. The van der Waals surface area contributed by atoms with E-state index in [0.29, 0.717) is 30.5 Å². The smallest absolute Gasteiger partial charge is 0.264 e. The third kappa shape index (κ3) is 6.55. The fourth-order valence-electron chi connectivity index (χ4n) is 3.83. The number of fused-ring (bicyclic) bond motifs is 1. The molecule has 0 saturated carbocycles. The minimum absolute atomic E-state index is 0.0309. The van der Waals surface area contributed by atoms with Gasteiger partial charge in [-0.3, -0.25) is 9.10 Å². The maximum atomic E-state index is 13.6. The number of hydrogen-bond acceptors (Lipinski definition) is 6. The van der Waals surface area contributed by atoms with E-state index in [0.717, 1.165) is 16.4 Å². The molecule has 0 aliphatic carbocycles. The van der Waals surface area contributed by atoms with E-state index in [2.05, 4.69) is 26.1 Å². The fourth-order valence-corrected chi connectivity index (χ4v) is 5.27. The summed E-state index contributed by atoms with van der Waals surface area (Å²) in [5, 5.41) is 2.68. The average molecular weight is 543 g/mol. The van der Waals surface area contributed by atoms with Crippen molar-refractivity contribution < 1.29 is 31.8 Å². The Morgan fingerprint density at radius 3 is 2.29 bits per heavy atom. The van der Waals surface area contributed by atoms with Crippen LogP contribution in [-0.2, 0) is 20.2 Å². The first-order valence-corrected chi connectivity index (χ1v) is 13.7. The fraction of sp³-hybridized carbons (Fsp3) is 0.321. The van der Waals surface area contributed by atoms with Gasteiger partial charge in [-0.15, -0.1) is 0 Å². The molecule has 0 spiro atoms. The number of carbonyl (C=O) groups excluding carboxylic acids is 1. The summed E-state index contributed by atoms with van der Waals surface area (Å²) in [6, 6.07) is 16.9. The van der Waals surface area contributed by atoms with Crippen molar-refractivity contribution in [1.82, 2.24) is 5.32 Å². The lowest BCUT2D eigenvalue weighted by molar-refractivity contribution is -0.119. The number of halogens is 1. The quantitative estimate of drug-likeness (QED) is 0.406. The first-order valence-electron chi connectivity index (χ1n) is 12.2. The predicted octanol–water partition coefficient (Wildman–Crippen LogP) is 4.28. The van der Waals surface area contributed by atoms with Crippen LogP contribution in [0.4, 0.5) is 10.1 Å². The number of benzene rings is 3. The van der Waals surface area contributed by atoms with Gasteiger partial charge in [0.2, 0.25) is 5.91 Å². The van der Waals surface area contributed by atoms with Gasteiger partial charge in [0.05, 0.1) is 17.1 Å². The molecule has 10 heteroatoms. The molecule has 1 heterocycles. The van der Waals surface area contributed by atoms with Crippen molar-refractivity contribution in [3.05, 3.63) is 78.1 Å². The summed E-state index contributed by atoms with van der Waals surface area (Å²) in [5.41, 5.74) is 1.35. The first kappa shape index (κ1) is 27.3. The van der Waals surface area contributed by atoms with Crippen LogP contribution in [0.25, 0.3) is 0 Å². The Morgan fingerprint density at radius 2 is 1.63 bits per heavy atom. The molecule has 4 rings (SSSR count). The van der Waals surface area contributed by atoms with Crippen molar-refractivity contribution in [2.45, 2.75) is 31.1 Å². The second-order valence-electron chi connectivity index (χ2n) is 9.77. The van der Waals surface area contributed by atoms with E-state index in [1.807, 2.05) is 24.3 Å². The summed E-state index contributed by atoms with van der Waals surface area (Å²) in [4.78, 5) is 12.7. The van der Waals surface area contributed by atoms with Crippen LogP contribution in [0.5, 0.6) is 17.2 Å². The largest absolute Gasteiger partial charge is 0.492 e. The zero-order valence-electron chi connectivity index (χ0n) is 21.6. The van der Waals surface area contributed by atoms with Gasteiger partial charge in [0.25, 0.3) is 10.0 Å². The van der Waals surface area contributed by atoms with E-state index in [1.54, 1.807) is 0 Å². The van der Waals surface area contributed by atoms with Crippen LogP contribution in [0.15, 0.2) is 71.6 Å². The standard InChI is InChI=1S/C28H31FN2O6S/c1-28(2,3)20-4-10-23(11-5-20)35-15-14-30-27(32)19-31(22-8-6-21(29)7-9-22)38(33,34)24-12-13-25-26(18-24)37-17-16-36-25/h4-13,18H,14-17,19H2,1-3H3,(H,30,32). The maximum absolute atomic E-state index is 13.6. The Morgan fingerprint density at radius 1 is 0.974 bits per heavy atom. The van der Waals surface area contributed by atoms with Crippen LogP contribution in [0.2, 0.25) is 0 Å². The van der Waals surface area contributed by atoms with Gasteiger partial charge in [-0.2, -0.15) is 0 Å².